The van der Waals surface area contributed by atoms with Gasteiger partial charge in [0.25, 0.3) is 0 Å². The fraction of sp³-hybridized carbons (Fsp3) is 0. The third kappa shape index (κ3) is 341. The van der Waals surface area contributed by atoms with Crippen molar-refractivity contribution in [3.8, 4) is 0 Å². The van der Waals surface area contributed by atoms with Gasteiger partial charge in [-0.05, 0) is 0 Å². The predicted octanol–water partition coefficient (Wildman–Crippen LogP) is -40.0. The summed E-state index contributed by atoms with van der Waals surface area (Å²) < 4.78 is 0. The molecule has 0 aromatic rings. The predicted molar refractivity (Wildman–Crippen MR) is 63.0 cm³/mol. The van der Waals surface area contributed by atoms with Crippen LogP contribution in [-0.4, -0.2) is 26.2 Å². The monoisotopic (exact) mass is 769 g/mol. The van der Waals surface area contributed by atoms with E-state index in [1.54, 1.807) is 0 Å². The molecule has 30 heavy (non-hydrogen) atoms. The Labute approximate surface area is 627 Å². The standard InChI is InChI=1S/5CH2O2S.10K/c5*2-1(3)4;;;;;;;;;;/h5*(H2,2,3,4);;;;;;;;;;/q;;;;;10*+1/p-10. The molecular formula is C5K10O10S5. The molecule has 0 heterocycles. The zero-order valence-corrected chi connectivity index (χ0v) is 53.9. The Morgan fingerprint density at radius 2 is 0.233 bits per heavy atom. The normalized spacial score (nSPS) is 4.00. The van der Waals surface area contributed by atoms with Gasteiger partial charge in [0.15, 0.2) is 0 Å². The summed E-state index contributed by atoms with van der Waals surface area (Å²) in [7, 11) is 0. The Balaban J connectivity index is -0.00000000666. The van der Waals surface area contributed by atoms with E-state index in [0.717, 1.165) is 0 Å². The van der Waals surface area contributed by atoms with E-state index < -0.39 is 26.2 Å². The van der Waals surface area contributed by atoms with Gasteiger partial charge < -0.3 is 51.1 Å². The van der Waals surface area contributed by atoms with Crippen LogP contribution in [0.1, 0.15) is 0 Å². The molecule has 0 amide bonds. The van der Waals surface area contributed by atoms with E-state index in [4.69, 9.17) is 51.1 Å². The Kier molecular flexibility index (Phi) is 291. The molecule has 0 spiro atoms. The second-order valence-corrected chi connectivity index (χ2v) is 2.92. The van der Waals surface area contributed by atoms with Crippen LogP contribution < -0.4 is 565 Å². The summed E-state index contributed by atoms with van der Waals surface area (Å²) in [5, 5.41) is 79.5. The molecule has 0 aromatic heterocycles. The smallest absolute Gasteiger partial charge is 0.876 e. The van der Waals surface area contributed by atoms with Crippen molar-refractivity contribution in [3.05, 3.63) is 0 Å². The van der Waals surface area contributed by atoms with E-state index in [9.17, 15) is 0 Å². The Morgan fingerprint density at radius 3 is 0.233 bits per heavy atom. The summed E-state index contributed by atoms with van der Waals surface area (Å²) in [5.41, 5.74) is 0. The van der Waals surface area contributed by atoms with Crippen LogP contribution in [0, 0.1) is 0 Å². The first-order chi connectivity index (χ1) is 8.66. The first kappa shape index (κ1) is 96.8. The van der Waals surface area contributed by atoms with E-state index in [0.29, 0.717) is 0 Å². The Hall–Kier alpha value is 14.8. The zero-order chi connectivity index (χ0) is 17.9. The molecule has 0 rings (SSSR count). The van der Waals surface area contributed by atoms with Gasteiger partial charge in [0.2, 0.25) is 0 Å². The van der Waals surface area contributed by atoms with Crippen LogP contribution in [0.15, 0.2) is 0 Å². The van der Waals surface area contributed by atoms with Crippen LogP contribution in [0.2, 0.25) is 0 Å². The first-order valence-electron chi connectivity index (χ1n) is 3.06. The quantitative estimate of drug-likeness (QED) is 0.165. The molecule has 25 heteroatoms. The summed E-state index contributed by atoms with van der Waals surface area (Å²) in [6.45, 7) is 0. The Morgan fingerprint density at radius 1 is 0.233 bits per heavy atom. The van der Waals surface area contributed by atoms with Gasteiger partial charge >= 0.3 is 514 Å². The summed E-state index contributed by atoms with van der Waals surface area (Å²) in [6.07, 6.45) is 0. The molecule has 0 radical (unpaired) electrons. The van der Waals surface area contributed by atoms with Crippen LogP contribution in [0.25, 0.3) is 0 Å². The van der Waals surface area contributed by atoms with Crippen molar-refractivity contribution < 1.29 is 565 Å². The van der Waals surface area contributed by atoms with Gasteiger partial charge in [-0.3, -0.25) is 0 Å². The molecule has 0 aromatic carbocycles. The fourth-order valence-corrected chi connectivity index (χ4v) is 0. The van der Waals surface area contributed by atoms with Crippen LogP contribution >= 0.6 is 61.1 Å². The van der Waals surface area contributed by atoms with Gasteiger partial charge in [-0.15, -0.1) is 87.3 Å². The fourth-order valence-electron chi connectivity index (χ4n) is 0. The van der Waals surface area contributed by atoms with Gasteiger partial charge in [-0.2, -0.15) is 0 Å². The summed E-state index contributed by atoms with van der Waals surface area (Å²) in [6, 6.07) is 0. The van der Waals surface area contributed by atoms with E-state index in [1.807, 2.05) is 0 Å². The largest absolute Gasteiger partial charge is 1.00 e. The molecule has 0 unspecified atom stereocenters. The van der Waals surface area contributed by atoms with Crippen LogP contribution in [0.4, 0.5) is 0 Å². The Bertz CT molecular complexity index is 242. The average molecular weight is 771 g/mol. The summed E-state index contributed by atoms with van der Waals surface area (Å²) in [4.78, 5) is 0. The SMILES string of the molecule is [K+].[K+].[K+].[K+].[K+].[K+].[K+].[K+].[K+].[K+].[O-]C([O-])=S.[O-]C([O-])=S.[O-]C([O-])=S.[O-]C([O-])=S.[O-]C([O-])=S. The molecular weight excluding hydrogens is 771 g/mol. The van der Waals surface area contributed by atoms with Crippen LogP contribution in [0.5, 0.6) is 0 Å². The molecule has 0 aliphatic heterocycles. The van der Waals surface area contributed by atoms with E-state index in [2.05, 4.69) is 61.1 Å². The van der Waals surface area contributed by atoms with Gasteiger partial charge in [-0.25, -0.2) is 0 Å². The summed E-state index contributed by atoms with van der Waals surface area (Å²) >= 11 is 17.1. The number of hydrogen-bond acceptors (Lipinski definition) is 15. The second-order valence-electron chi connectivity index (χ2n) is 1.25. The molecule has 0 N–H and O–H groups in total. The van der Waals surface area contributed by atoms with Crippen molar-refractivity contribution in [2.45, 2.75) is 0 Å². The van der Waals surface area contributed by atoms with E-state index in [1.165, 1.54) is 0 Å². The van der Waals surface area contributed by atoms with Crippen LogP contribution in [-0.2, 0) is 0 Å². The van der Waals surface area contributed by atoms with Gasteiger partial charge in [0.05, 0.1) is 0 Å². The summed E-state index contributed by atoms with van der Waals surface area (Å²) in [5.74, 6) is 0. The van der Waals surface area contributed by atoms with Gasteiger partial charge in [0.1, 0.15) is 0 Å². The number of thiocarbonyl (C=S) groups is 5. The van der Waals surface area contributed by atoms with Crippen molar-refractivity contribution in [2.24, 2.45) is 0 Å². The van der Waals surface area contributed by atoms with E-state index >= 15 is 0 Å². The van der Waals surface area contributed by atoms with Crippen molar-refractivity contribution >= 4 is 87.3 Å². The van der Waals surface area contributed by atoms with Crippen molar-refractivity contribution in [2.75, 3.05) is 0 Å². The second kappa shape index (κ2) is 90.4. The maximum absolute atomic E-state index is 8.70. The zero-order valence-electron chi connectivity index (χ0n) is 18.6. The molecule has 0 aliphatic rings. The average Bonchev–Trinajstić information content (AvgIpc) is 1.94. The number of hydrogen-bond donors (Lipinski definition) is 0. The first-order valence-corrected chi connectivity index (χ1v) is 5.10. The molecule has 0 bridgehead atoms. The third-order valence-electron chi connectivity index (χ3n) is 0. The molecule has 120 valence electrons. The van der Waals surface area contributed by atoms with Crippen LogP contribution in [0.3, 0.4) is 0 Å². The molecule has 0 fully saturated rings. The van der Waals surface area contributed by atoms with Crippen molar-refractivity contribution in [3.63, 3.8) is 0 Å². The van der Waals surface area contributed by atoms with Crippen molar-refractivity contribution in [1.29, 1.82) is 0 Å². The van der Waals surface area contributed by atoms with E-state index in [-0.39, 0.29) is 514 Å². The molecule has 0 atom stereocenters. The minimum absolute atomic E-state index is 0. The molecule has 10 nitrogen and oxygen atoms in total. The maximum Gasteiger partial charge on any atom is 1.00 e. The minimum Gasteiger partial charge on any atom is -0.876 e. The molecule has 0 aliphatic carbocycles. The number of rotatable bonds is 0. The third-order valence-corrected chi connectivity index (χ3v) is 0. The molecule has 0 saturated heterocycles. The van der Waals surface area contributed by atoms with Crippen molar-refractivity contribution in [1.82, 2.24) is 0 Å². The maximum atomic E-state index is 8.70. The van der Waals surface area contributed by atoms with Gasteiger partial charge in [0, 0.05) is 0 Å². The topological polar surface area (TPSA) is 231 Å². The minimum atomic E-state index is -1.50. The molecule has 0 saturated carbocycles. The van der Waals surface area contributed by atoms with Gasteiger partial charge in [-0.1, -0.05) is 0 Å².